The van der Waals surface area contributed by atoms with Crippen LogP contribution in [0.1, 0.15) is 0 Å². The van der Waals surface area contributed by atoms with Crippen LogP contribution in [0.2, 0.25) is 5.02 Å². The highest BCUT2D eigenvalue weighted by Crippen LogP contribution is 2.35. The van der Waals surface area contributed by atoms with E-state index in [9.17, 15) is 0 Å². The molecular formula is C6H5ClO2S. The highest BCUT2D eigenvalue weighted by Gasteiger charge is 2.05. The van der Waals surface area contributed by atoms with Crippen LogP contribution in [0.3, 0.4) is 0 Å². The van der Waals surface area contributed by atoms with Crippen LogP contribution < -0.4 is 0 Å². The summed E-state index contributed by atoms with van der Waals surface area (Å²) in [7, 11) is 0. The van der Waals surface area contributed by atoms with E-state index in [1.165, 1.54) is 12.1 Å². The lowest BCUT2D eigenvalue weighted by Crippen LogP contribution is -1.72. The summed E-state index contributed by atoms with van der Waals surface area (Å²) in [5.74, 6) is -0.268. The summed E-state index contributed by atoms with van der Waals surface area (Å²) in [6.45, 7) is 0. The Kier molecular flexibility index (Phi) is 1.97. The molecule has 0 saturated heterocycles. The number of phenols is 2. The Morgan fingerprint density at radius 1 is 1.30 bits per heavy atom. The third-order valence-corrected chi connectivity index (χ3v) is 1.83. The van der Waals surface area contributed by atoms with Crippen LogP contribution in [0.15, 0.2) is 17.0 Å². The minimum absolute atomic E-state index is 0.0785. The van der Waals surface area contributed by atoms with E-state index in [2.05, 4.69) is 12.6 Å². The predicted molar refractivity (Wildman–Crippen MR) is 42.0 cm³/mol. The molecule has 0 aliphatic carbocycles. The van der Waals surface area contributed by atoms with Crippen LogP contribution >= 0.6 is 24.2 Å². The van der Waals surface area contributed by atoms with Gasteiger partial charge in [0.25, 0.3) is 0 Å². The number of hydrogen-bond acceptors (Lipinski definition) is 3. The Hall–Kier alpha value is -0.540. The molecule has 0 aliphatic rings. The Labute approximate surface area is 68.5 Å². The van der Waals surface area contributed by atoms with Crippen LogP contribution in [0.5, 0.6) is 11.5 Å². The molecule has 0 heterocycles. The van der Waals surface area contributed by atoms with E-state index in [-0.39, 0.29) is 21.4 Å². The molecule has 54 valence electrons. The van der Waals surface area contributed by atoms with Crippen molar-refractivity contribution in [2.24, 2.45) is 0 Å². The second-order valence-corrected chi connectivity index (χ2v) is 2.62. The van der Waals surface area contributed by atoms with Gasteiger partial charge in [-0.25, -0.2) is 0 Å². The van der Waals surface area contributed by atoms with E-state index in [4.69, 9.17) is 21.8 Å². The first-order valence-electron chi connectivity index (χ1n) is 2.52. The summed E-state index contributed by atoms with van der Waals surface area (Å²) in [5.41, 5.74) is 0. The highest BCUT2D eigenvalue weighted by atomic mass is 35.5. The second kappa shape index (κ2) is 2.60. The average Bonchev–Trinajstić information content (AvgIpc) is 1.93. The Balaban J connectivity index is 3.34. The van der Waals surface area contributed by atoms with E-state index < -0.39 is 0 Å². The molecule has 0 spiro atoms. The van der Waals surface area contributed by atoms with Crippen molar-refractivity contribution in [1.29, 1.82) is 0 Å². The van der Waals surface area contributed by atoms with Crippen molar-refractivity contribution in [2.45, 2.75) is 4.90 Å². The molecule has 0 unspecified atom stereocenters. The summed E-state index contributed by atoms with van der Waals surface area (Å²) >= 11 is 9.27. The zero-order valence-electron chi connectivity index (χ0n) is 4.87. The number of thiol groups is 1. The van der Waals surface area contributed by atoms with E-state index >= 15 is 0 Å². The lowest BCUT2D eigenvalue weighted by atomic mass is 10.3. The van der Waals surface area contributed by atoms with Gasteiger partial charge in [-0.2, -0.15) is 0 Å². The first kappa shape index (κ1) is 7.57. The SMILES string of the molecule is Oc1ccc(Cl)c(O)c1S. The molecular weight excluding hydrogens is 172 g/mol. The summed E-state index contributed by atoms with van der Waals surface area (Å²) in [6, 6.07) is 2.76. The molecule has 2 nitrogen and oxygen atoms in total. The fraction of sp³-hybridized carbons (Fsp3) is 0. The number of aromatic hydroxyl groups is 2. The number of hydrogen-bond donors (Lipinski definition) is 3. The lowest BCUT2D eigenvalue weighted by Gasteiger charge is -2.00. The molecule has 2 N–H and O–H groups in total. The smallest absolute Gasteiger partial charge is 0.151 e. The minimum atomic E-state index is -0.190. The summed E-state index contributed by atoms with van der Waals surface area (Å²) in [6.07, 6.45) is 0. The maximum absolute atomic E-state index is 9.02. The molecule has 10 heavy (non-hydrogen) atoms. The van der Waals surface area contributed by atoms with Crippen molar-refractivity contribution >= 4 is 24.2 Å². The summed E-state index contributed by atoms with van der Waals surface area (Å²) in [4.78, 5) is 0.104. The molecule has 4 heteroatoms. The largest absolute Gasteiger partial charge is 0.507 e. The number of benzene rings is 1. The van der Waals surface area contributed by atoms with Crippen molar-refractivity contribution in [3.05, 3.63) is 17.2 Å². The summed E-state index contributed by atoms with van der Waals surface area (Å²) in [5, 5.41) is 18.1. The minimum Gasteiger partial charge on any atom is -0.507 e. The van der Waals surface area contributed by atoms with Crippen molar-refractivity contribution in [3.63, 3.8) is 0 Å². The van der Waals surface area contributed by atoms with Crippen LogP contribution in [-0.4, -0.2) is 10.2 Å². The van der Waals surface area contributed by atoms with Gasteiger partial charge in [-0.1, -0.05) is 11.6 Å². The number of rotatable bonds is 0. The summed E-state index contributed by atoms with van der Waals surface area (Å²) < 4.78 is 0. The molecule has 0 fully saturated rings. The Morgan fingerprint density at radius 3 is 2.40 bits per heavy atom. The van der Waals surface area contributed by atoms with Crippen LogP contribution in [0, 0.1) is 0 Å². The monoisotopic (exact) mass is 176 g/mol. The molecule has 0 amide bonds. The Bertz CT molecular complexity index is 235. The van der Waals surface area contributed by atoms with Gasteiger partial charge in [0.2, 0.25) is 0 Å². The molecule has 0 radical (unpaired) electrons. The van der Waals surface area contributed by atoms with E-state index in [0.717, 1.165) is 0 Å². The zero-order valence-corrected chi connectivity index (χ0v) is 6.52. The highest BCUT2D eigenvalue weighted by molar-refractivity contribution is 7.80. The van der Waals surface area contributed by atoms with Crippen LogP contribution in [0.4, 0.5) is 0 Å². The fourth-order valence-electron chi connectivity index (χ4n) is 0.544. The molecule has 0 aromatic heterocycles. The maximum Gasteiger partial charge on any atom is 0.151 e. The molecule has 1 rings (SSSR count). The van der Waals surface area contributed by atoms with Gasteiger partial charge in [0.05, 0.1) is 9.92 Å². The van der Waals surface area contributed by atoms with Crippen molar-refractivity contribution < 1.29 is 10.2 Å². The van der Waals surface area contributed by atoms with E-state index in [0.29, 0.717) is 0 Å². The second-order valence-electron chi connectivity index (χ2n) is 1.76. The average molecular weight is 177 g/mol. The van der Waals surface area contributed by atoms with Crippen molar-refractivity contribution in [2.75, 3.05) is 0 Å². The van der Waals surface area contributed by atoms with E-state index in [1.807, 2.05) is 0 Å². The van der Waals surface area contributed by atoms with Gasteiger partial charge >= 0.3 is 0 Å². The quantitative estimate of drug-likeness (QED) is 0.530. The number of phenolic OH excluding ortho intramolecular Hbond substituents is 2. The Morgan fingerprint density at radius 2 is 1.90 bits per heavy atom. The van der Waals surface area contributed by atoms with Crippen molar-refractivity contribution in [1.82, 2.24) is 0 Å². The van der Waals surface area contributed by atoms with Gasteiger partial charge in [0.1, 0.15) is 5.75 Å². The molecule has 0 atom stereocenters. The van der Waals surface area contributed by atoms with Gasteiger partial charge in [-0.3, -0.25) is 0 Å². The molecule has 1 aromatic carbocycles. The fourth-order valence-corrected chi connectivity index (χ4v) is 0.963. The lowest BCUT2D eigenvalue weighted by molar-refractivity contribution is 0.429. The molecule has 0 aliphatic heterocycles. The topological polar surface area (TPSA) is 40.5 Å². The molecule has 0 bridgehead atoms. The van der Waals surface area contributed by atoms with Crippen LogP contribution in [0.25, 0.3) is 0 Å². The zero-order chi connectivity index (χ0) is 7.72. The van der Waals surface area contributed by atoms with Gasteiger partial charge < -0.3 is 10.2 Å². The first-order valence-corrected chi connectivity index (χ1v) is 3.35. The third kappa shape index (κ3) is 1.15. The molecule has 1 aromatic rings. The number of halogens is 1. The van der Waals surface area contributed by atoms with E-state index in [1.54, 1.807) is 0 Å². The maximum atomic E-state index is 9.02. The molecule has 0 saturated carbocycles. The normalized spacial score (nSPS) is 9.80. The predicted octanol–water partition coefficient (Wildman–Crippen LogP) is 2.04. The van der Waals surface area contributed by atoms with Gasteiger partial charge in [-0.15, -0.1) is 12.6 Å². The van der Waals surface area contributed by atoms with Crippen molar-refractivity contribution in [3.8, 4) is 11.5 Å². The van der Waals surface area contributed by atoms with Crippen LogP contribution in [-0.2, 0) is 0 Å². The van der Waals surface area contributed by atoms with Gasteiger partial charge in [0, 0.05) is 0 Å². The first-order chi connectivity index (χ1) is 4.63. The van der Waals surface area contributed by atoms with Gasteiger partial charge in [-0.05, 0) is 12.1 Å². The standard InChI is InChI=1S/C6H5ClO2S/c7-3-1-2-4(8)6(10)5(3)9/h1-2,8-10H. The van der Waals surface area contributed by atoms with Gasteiger partial charge in [0.15, 0.2) is 5.75 Å². The third-order valence-electron chi connectivity index (χ3n) is 1.08.